The van der Waals surface area contributed by atoms with E-state index < -0.39 is 0 Å². The van der Waals surface area contributed by atoms with E-state index in [1.807, 2.05) is 13.8 Å². The van der Waals surface area contributed by atoms with Crippen LogP contribution < -0.4 is 0 Å². The number of carbonyl (C=O) groups is 1. The highest BCUT2D eigenvalue weighted by molar-refractivity contribution is 5.81. The van der Waals surface area contributed by atoms with E-state index in [-0.39, 0.29) is 11.2 Å². The summed E-state index contributed by atoms with van der Waals surface area (Å²) in [4.78, 5) is 11.7. The van der Waals surface area contributed by atoms with Gasteiger partial charge in [0, 0.05) is 23.9 Å². The fourth-order valence-electron chi connectivity index (χ4n) is 4.44. The summed E-state index contributed by atoms with van der Waals surface area (Å²) in [6.45, 7) is 12.0. The van der Waals surface area contributed by atoms with Gasteiger partial charge in [-0.1, -0.05) is 51.7 Å². The van der Waals surface area contributed by atoms with Gasteiger partial charge in [0.15, 0.2) is 0 Å². The predicted octanol–water partition coefficient (Wildman–Crippen LogP) is 5.72. The minimum Gasteiger partial charge on any atom is -0.381 e. The Kier molecular flexibility index (Phi) is 8.35. The van der Waals surface area contributed by atoms with Crippen LogP contribution in [0.3, 0.4) is 0 Å². The molecular weight excluding hydrogens is 324 g/mol. The van der Waals surface area contributed by atoms with Crippen LogP contribution in [0.2, 0.25) is 0 Å². The normalized spacial score (nSPS) is 28.7. The predicted molar refractivity (Wildman–Crippen MR) is 107 cm³/mol. The maximum atomic E-state index is 11.7. The quantitative estimate of drug-likeness (QED) is 0.328. The zero-order chi connectivity index (χ0) is 19.2. The number of rotatable bonds is 12. The molecule has 2 heterocycles. The van der Waals surface area contributed by atoms with Crippen molar-refractivity contribution in [1.29, 1.82) is 0 Å². The molecule has 0 aromatic carbocycles. The molecule has 0 amide bonds. The summed E-state index contributed by atoms with van der Waals surface area (Å²) in [5.74, 6) is 1.29. The fraction of sp³-hybridized carbons (Fsp3) is 0.870. The summed E-state index contributed by atoms with van der Waals surface area (Å²) >= 11 is 0. The van der Waals surface area contributed by atoms with Gasteiger partial charge in [0.25, 0.3) is 0 Å². The van der Waals surface area contributed by atoms with Crippen molar-refractivity contribution in [2.24, 2.45) is 17.3 Å². The number of Topliss-reactive ketones (excluding diaryl/α,β-unsaturated/α-hetero) is 1. The zero-order valence-corrected chi connectivity index (χ0v) is 17.7. The standard InChI is InChI=1S/C23H40O3/c1-6-7-8-9-15-25-16-19-20-12-13-21(26-20)22(19)17(2)11-10-14-23(4,5)18(3)24/h11,19-22H,6-10,12-16H2,1-5H3/t19-,20+,21-,22-/m1/s1. The summed E-state index contributed by atoms with van der Waals surface area (Å²) in [6, 6.07) is 0. The van der Waals surface area contributed by atoms with Gasteiger partial charge in [-0.05, 0) is 46.0 Å². The summed E-state index contributed by atoms with van der Waals surface area (Å²) in [5.41, 5.74) is 1.22. The lowest BCUT2D eigenvalue weighted by atomic mass is 9.75. The van der Waals surface area contributed by atoms with Gasteiger partial charge in [-0.3, -0.25) is 4.79 Å². The number of hydrogen-bond acceptors (Lipinski definition) is 3. The fourth-order valence-corrected chi connectivity index (χ4v) is 4.44. The van der Waals surface area contributed by atoms with Gasteiger partial charge in [-0.25, -0.2) is 0 Å². The van der Waals surface area contributed by atoms with E-state index in [9.17, 15) is 4.79 Å². The number of allylic oxidation sites excluding steroid dienone is 1. The van der Waals surface area contributed by atoms with Crippen molar-refractivity contribution in [1.82, 2.24) is 0 Å². The van der Waals surface area contributed by atoms with Crippen LogP contribution in [0.5, 0.6) is 0 Å². The molecule has 0 radical (unpaired) electrons. The topological polar surface area (TPSA) is 35.5 Å². The Hall–Kier alpha value is -0.670. The van der Waals surface area contributed by atoms with E-state index in [1.165, 1.54) is 44.1 Å². The second-order valence-electron chi connectivity index (χ2n) is 9.04. The average molecular weight is 365 g/mol. The van der Waals surface area contributed by atoms with Crippen molar-refractivity contribution in [2.75, 3.05) is 13.2 Å². The third kappa shape index (κ3) is 5.66. The molecule has 2 aliphatic rings. The molecule has 0 aromatic heterocycles. The highest BCUT2D eigenvalue weighted by Gasteiger charge is 2.49. The van der Waals surface area contributed by atoms with Gasteiger partial charge >= 0.3 is 0 Å². The Morgan fingerprint density at radius 2 is 1.88 bits per heavy atom. The molecule has 0 aliphatic carbocycles. The molecule has 2 aliphatic heterocycles. The maximum absolute atomic E-state index is 11.7. The Balaban J connectivity index is 1.84. The highest BCUT2D eigenvalue weighted by Crippen LogP contribution is 2.47. The van der Waals surface area contributed by atoms with Crippen LogP contribution in [-0.2, 0) is 14.3 Å². The number of fused-ring (bicyclic) bond motifs is 2. The van der Waals surface area contributed by atoms with Crippen molar-refractivity contribution in [3.8, 4) is 0 Å². The first-order valence-corrected chi connectivity index (χ1v) is 10.8. The molecule has 0 saturated carbocycles. The average Bonchev–Trinajstić information content (AvgIpc) is 3.18. The molecule has 4 atom stereocenters. The lowest BCUT2D eigenvalue weighted by Crippen LogP contribution is -2.31. The monoisotopic (exact) mass is 364 g/mol. The van der Waals surface area contributed by atoms with E-state index in [0.717, 1.165) is 26.1 Å². The lowest BCUT2D eigenvalue weighted by molar-refractivity contribution is -0.125. The molecule has 2 fully saturated rings. The number of ketones is 1. The van der Waals surface area contributed by atoms with E-state index in [4.69, 9.17) is 9.47 Å². The highest BCUT2D eigenvalue weighted by atomic mass is 16.5. The SMILES string of the molecule is CCCCCCOC[C@H]1[C@@H](C(C)=CCCC(C)(C)C(C)=O)[C@H]2CC[C@@H]1O2. The van der Waals surface area contributed by atoms with Crippen molar-refractivity contribution < 1.29 is 14.3 Å². The van der Waals surface area contributed by atoms with E-state index in [1.54, 1.807) is 6.92 Å². The van der Waals surface area contributed by atoms with Crippen LogP contribution in [0.4, 0.5) is 0 Å². The number of hydrogen-bond donors (Lipinski definition) is 0. The Bertz CT molecular complexity index is 480. The molecule has 0 spiro atoms. The Morgan fingerprint density at radius 3 is 2.58 bits per heavy atom. The van der Waals surface area contributed by atoms with Crippen LogP contribution in [0.1, 0.15) is 86.0 Å². The molecule has 0 N–H and O–H groups in total. The van der Waals surface area contributed by atoms with Gasteiger partial charge in [-0.15, -0.1) is 0 Å². The second kappa shape index (κ2) is 10.0. The van der Waals surface area contributed by atoms with Gasteiger partial charge in [0.1, 0.15) is 5.78 Å². The molecule has 3 nitrogen and oxygen atoms in total. The Labute approximate surface area is 160 Å². The first kappa shape index (κ1) is 21.6. The van der Waals surface area contributed by atoms with Gasteiger partial charge < -0.3 is 9.47 Å². The first-order chi connectivity index (χ1) is 12.4. The largest absolute Gasteiger partial charge is 0.381 e. The summed E-state index contributed by atoms with van der Waals surface area (Å²) in [7, 11) is 0. The molecule has 0 aromatic rings. The first-order valence-electron chi connectivity index (χ1n) is 10.8. The van der Waals surface area contributed by atoms with Crippen LogP contribution in [0.15, 0.2) is 11.6 Å². The molecule has 0 unspecified atom stereocenters. The maximum Gasteiger partial charge on any atom is 0.135 e. The molecule has 2 saturated heterocycles. The van der Waals surface area contributed by atoms with Crippen molar-refractivity contribution in [3.63, 3.8) is 0 Å². The van der Waals surface area contributed by atoms with E-state index in [2.05, 4.69) is 19.9 Å². The second-order valence-corrected chi connectivity index (χ2v) is 9.04. The van der Waals surface area contributed by atoms with Crippen molar-refractivity contribution in [3.05, 3.63) is 11.6 Å². The smallest absolute Gasteiger partial charge is 0.135 e. The lowest BCUT2D eigenvalue weighted by Gasteiger charge is -2.29. The molecular formula is C23H40O3. The van der Waals surface area contributed by atoms with Crippen LogP contribution in [0, 0.1) is 17.3 Å². The van der Waals surface area contributed by atoms with Crippen LogP contribution in [0.25, 0.3) is 0 Å². The summed E-state index contributed by atoms with van der Waals surface area (Å²) in [5, 5.41) is 0. The molecule has 3 heteroatoms. The number of carbonyl (C=O) groups excluding carboxylic acids is 1. The van der Waals surface area contributed by atoms with E-state index >= 15 is 0 Å². The minimum atomic E-state index is -0.219. The molecule has 26 heavy (non-hydrogen) atoms. The molecule has 2 rings (SSSR count). The van der Waals surface area contributed by atoms with E-state index in [0.29, 0.717) is 24.0 Å². The Morgan fingerprint density at radius 1 is 1.15 bits per heavy atom. The van der Waals surface area contributed by atoms with Crippen molar-refractivity contribution >= 4 is 5.78 Å². The molecule has 2 bridgehead atoms. The molecule has 150 valence electrons. The van der Waals surface area contributed by atoms with Gasteiger partial charge in [-0.2, -0.15) is 0 Å². The third-order valence-corrected chi connectivity index (χ3v) is 6.59. The zero-order valence-electron chi connectivity index (χ0n) is 17.7. The van der Waals surface area contributed by atoms with Crippen LogP contribution in [-0.4, -0.2) is 31.2 Å². The van der Waals surface area contributed by atoms with Gasteiger partial charge in [0.2, 0.25) is 0 Å². The van der Waals surface area contributed by atoms with Gasteiger partial charge in [0.05, 0.1) is 18.8 Å². The summed E-state index contributed by atoms with van der Waals surface area (Å²) in [6.07, 6.45) is 12.4. The van der Waals surface area contributed by atoms with Crippen molar-refractivity contribution in [2.45, 2.75) is 98.2 Å². The third-order valence-electron chi connectivity index (χ3n) is 6.59. The number of unbranched alkanes of at least 4 members (excludes halogenated alkanes) is 3. The number of ether oxygens (including phenoxy) is 2. The summed E-state index contributed by atoms with van der Waals surface area (Å²) < 4.78 is 12.3. The van der Waals surface area contributed by atoms with Crippen LogP contribution >= 0.6 is 0 Å². The minimum absolute atomic E-state index is 0.219.